The first-order chi connectivity index (χ1) is 18.9. The van der Waals surface area contributed by atoms with Crippen molar-refractivity contribution in [3.05, 3.63) is 84.6 Å². The molecule has 0 saturated heterocycles. The predicted molar refractivity (Wildman–Crippen MR) is 153 cm³/mol. The van der Waals surface area contributed by atoms with Crippen molar-refractivity contribution in [1.82, 2.24) is 15.0 Å². The molecule has 0 aliphatic heterocycles. The van der Waals surface area contributed by atoms with Crippen molar-refractivity contribution < 1.29 is 14.2 Å². The molecule has 0 aliphatic rings. The summed E-state index contributed by atoms with van der Waals surface area (Å²) in [5.74, 6) is 0.143. The molecule has 9 nitrogen and oxygen atoms in total. The highest BCUT2D eigenvalue weighted by Gasteiger charge is 2.17. The van der Waals surface area contributed by atoms with Crippen LogP contribution < -0.4 is 16.1 Å². The Bertz CT molecular complexity index is 1380. The van der Waals surface area contributed by atoms with Crippen molar-refractivity contribution in [2.45, 2.75) is 26.8 Å². The van der Waals surface area contributed by atoms with Gasteiger partial charge in [0.1, 0.15) is 5.75 Å². The van der Waals surface area contributed by atoms with E-state index in [0.29, 0.717) is 18.9 Å². The van der Waals surface area contributed by atoms with Crippen LogP contribution in [-0.4, -0.2) is 45.5 Å². The van der Waals surface area contributed by atoms with E-state index in [4.69, 9.17) is 4.74 Å². The maximum absolute atomic E-state index is 14.3. The Hall–Kier alpha value is -4.57. The van der Waals surface area contributed by atoms with Crippen molar-refractivity contribution >= 4 is 29.4 Å². The van der Waals surface area contributed by atoms with Gasteiger partial charge in [-0.2, -0.15) is 10.1 Å². The second-order valence-electron chi connectivity index (χ2n) is 9.14. The minimum absolute atomic E-state index is 0.0876. The zero-order chi connectivity index (χ0) is 27.6. The number of aromatic hydroxyl groups is 1. The Morgan fingerprint density at radius 2 is 1.79 bits per heavy atom. The van der Waals surface area contributed by atoms with Gasteiger partial charge in [-0.25, -0.2) is 14.8 Å². The highest BCUT2D eigenvalue weighted by molar-refractivity contribution is 5.78. The fourth-order valence-corrected chi connectivity index (χ4v) is 3.65. The number of pyridine rings is 1. The summed E-state index contributed by atoms with van der Waals surface area (Å²) in [7, 11) is 0. The second-order valence-corrected chi connectivity index (χ2v) is 9.14. The van der Waals surface area contributed by atoms with Gasteiger partial charge in [-0.1, -0.05) is 38.1 Å². The normalized spacial score (nSPS) is 12.0. The van der Waals surface area contributed by atoms with Crippen LogP contribution >= 0.6 is 0 Å². The maximum atomic E-state index is 14.3. The first-order valence-electron chi connectivity index (χ1n) is 12.7. The number of anilines is 4. The third kappa shape index (κ3) is 7.96. The van der Waals surface area contributed by atoms with Gasteiger partial charge >= 0.3 is 0 Å². The molecule has 0 bridgehead atoms. The van der Waals surface area contributed by atoms with Crippen LogP contribution in [0.5, 0.6) is 5.75 Å². The predicted octanol–water partition coefficient (Wildman–Crippen LogP) is 6.05. The van der Waals surface area contributed by atoms with Gasteiger partial charge in [-0.3, -0.25) is 4.98 Å². The summed E-state index contributed by atoms with van der Waals surface area (Å²) in [6, 6.07) is 18.6. The number of phenols is 1. The molecular weight excluding hydrogens is 497 g/mol. The van der Waals surface area contributed by atoms with Crippen molar-refractivity contribution in [1.29, 1.82) is 0 Å². The first-order valence-corrected chi connectivity index (χ1v) is 12.7. The highest BCUT2D eigenvalue weighted by atomic mass is 19.1. The maximum Gasteiger partial charge on any atom is 0.245 e. The van der Waals surface area contributed by atoms with Gasteiger partial charge in [-0.15, -0.1) is 0 Å². The van der Waals surface area contributed by atoms with Crippen LogP contribution in [0.25, 0.3) is 11.1 Å². The Balaban J connectivity index is 1.33. The van der Waals surface area contributed by atoms with Crippen LogP contribution in [0, 0.1) is 11.7 Å². The van der Waals surface area contributed by atoms with Crippen LogP contribution in [0.15, 0.2) is 78.2 Å². The molecule has 39 heavy (non-hydrogen) atoms. The summed E-state index contributed by atoms with van der Waals surface area (Å²) >= 11 is 0. The molecule has 0 spiro atoms. The molecule has 0 amide bonds. The summed E-state index contributed by atoms with van der Waals surface area (Å²) < 4.78 is 19.8. The number of nitrogens with one attached hydrogen (secondary N) is 3. The number of nitrogens with zero attached hydrogens (tertiary/aromatic N) is 4. The number of ether oxygens (including phenoxy) is 1. The molecule has 1 unspecified atom stereocenters. The number of hydrogen-bond acceptors (Lipinski definition) is 9. The molecule has 2 heterocycles. The zero-order valence-electron chi connectivity index (χ0n) is 22.1. The summed E-state index contributed by atoms with van der Waals surface area (Å²) in [5.41, 5.74) is 7.01. The molecule has 4 aromatic rings. The lowest BCUT2D eigenvalue weighted by atomic mass is 10.1. The van der Waals surface area contributed by atoms with Crippen LogP contribution in [0.3, 0.4) is 0 Å². The molecular formula is C29H32FN7O2. The van der Waals surface area contributed by atoms with Gasteiger partial charge < -0.3 is 20.5 Å². The van der Waals surface area contributed by atoms with Gasteiger partial charge in [0.25, 0.3) is 0 Å². The summed E-state index contributed by atoms with van der Waals surface area (Å²) in [6.45, 7) is 7.00. The molecule has 1 atom stereocenters. The SMILES string of the molecule is CCOCC(Nc1nc(N/N=C/c2ccc(Nc3ccc(-c4cccc(O)c4)cc3)cn2)ncc1F)C(C)C. The summed E-state index contributed by atoms with van der Waals surface area (Å²) in [5, 5.41) is 20.2. The Morgan fingerprint density at radius 1 is 1.00 bits per heavy atom. The molecule has 0 saturated carbocycles. The van der Waals surface area contributed by atoms with Gasteiger partial charge in [0.15, 0.2) is 11.6 Å². The van der Waals surface area contributed by atoms with E-state index >= 15 is 0 Å². The number of benzene rings is 2. The van der Waals surface area contributed by atoms with Gasteiger partial charge in [0.2, 0.25) is 5.95 Å². The Kier molecular flexibility index (Phi) is 9.36. The highest BCUT2D eigenvalue weighted by Crippen LogP contribution is 2.25. The number of hydrogen-bond donors (Lipinski definition) is 4. The molecule has 202 valence electrons. The van der Waals surface area contributed by atoms with Crippen LogP contribution in [0.2, 0.25) is 0 Å². The van der Waals surface area contributed by atoms with E-state index in [1.165, 1.54) is 6.21 Å². The molecule has 2 aromatic carbocycles. The average Bonchev–Trinajstić information content (AvgIpc) is 2.94. The van der Waals surface area contributed by atoms with E-state index in [2.05, 4.69) is 36.1 Å². The van der Waals surface area contributed by atoms with E-state index in [1.54, 1.807) is 18.3 Å². The smallest absolute Gasteiger partial charge is 0.245 e. The molecule has 2 aromatic heterocycles. The molecule has 4 rings (SSSR count). The number of hydrazone groups is 1. The number of halogens is 1. The third-order valence-electron chi connectivity index (χ3n) is 5.87. The summed E-state index contributed by atoms with van der Waals surface area (Å²) in [6.07, 6.45) is 4.32. The number of rotatable bonds is 12. The van der Waals surface area contributed by atoms with Crippen molar-refractivity contribution in [2.75, 3.05) is 29.3 Å². The van der Waals surface area contributed by atoms with Gasteiger partial charge in [-0.05, 0) is 60.4 Å². The minimum atomic E-state index is -0.551. The van der Waals surface area contributed by atoms with Crippen molar-refractivity contribution in [2.24, 2.45) is 11.0 Å². The first kappa shape index (κ1) is 27.5. The standard InChI is InChI=1S/C29H32FN7O2/c1-4-39-18-27(19(2)3)35-28-26(30)17-32-29(36-28)37-33-16-23-12-13-24(15-31-23)34-22-10-8-20(9-11-22)21-6-5-7-25(38)14-21/h5-17,19,27,34,38H,4,18H2,1-3H3,(H2,32,35,36,37)/b33-16+. The Labute approximate surface area is 227 Å². The lowest BCUT2D eigenvalue weighted by Gasteiger charge is -2.22. The molecule has 0 fully saturated rings. The monoisotopic (exact) mass is 529 g/mol. The molecule has 0 radical (unpaired) electrons. The minimum Gasteiger partial charge on any atom is -0.508 e. The Morgan fingerprint density at radius 3 is 2.49 bits per heavy atom. The average molecular weight is 530 g/mol. The topological polar surface area (TPSA) is 117 Å². The molecule has 4 N–H and O–H groups in total. The van der Waals surface area contributed by atoms with Crippen LogP contribution in [0.4, 0.5) is 27.5 Å². The van der Waals surface area contributed by atoms with Crippen LogP contribution in [0.1, 0.15) is 26.5 Å². The fraction of sp³-hybridized carbons (Fsp3) is 0.241. The summed E-state index contributed by atoms with van der Waals surface area (Å²) in [4.78, 5) is 12.5. The van der Waals surface area contributed by atoms with E-state index < -0.39 is 5.82 Å². The molecule has 0 aliphatic carbocycles. The lowest BCUT2D eigenvalue weighted by Crippen LogP contribution is -2.32. The second kappa shape index (κ2) is 13.3. The number of aromatic nitrogens is 3. The van der Waals surface area contributed by atoms with E-state index in [9.17, 15) is 9.50 Å². The quantitative estimate of drug-likeness (QED) is 0.130. The van der Waals surface area contributed by atoms with E-state index in [1.807, 2.05) is 69.3 Å². The fourth-order valence-electron chi connectivity index (χ4n) is 3.65. The molecule has 10 heteroatoms. The van der Waals surface area contributed by atoms with E-state index in [0.717, 1.165) is 28.7 Å². The lowest BCUT2D eigenvalue weighted by molar-refractivity contribution is 0.126. The number of phenolic OH excluding ortho intramolecular Hbond substituents is 1. The zero-order valence-corrected chi connectivity index (χ0v) is 22.1. The van der Waals surface area contributed by atoms with Crippen molar-refractivity contribution in [3.63, 3.8) is 0 Å². The van der Waals surface area contributed by atoms with Crippen molar-refractivity contribution in [3.8, 4) is 16.9 Å². The van der Waals surface area contributed by atoms with Gasteiger partial charge in [0, 0.05) is 12.3 Å². The van der Waals surface area contributed by atoms with Gasteiger partial charge in [0.05, 0.1) is 42.6 Å². The third-order valence-corrected chi connectivity index (χ3v) is 5.87. The van der Waals surface area contributed by atoms with E-state index in [-0.39, 0.29) is 29.5 Å². The van der Waals surface area contributed by atoms with Crippen LogP contribution in [-0.2, 0) is 4.74 Å². The largest absolute Gasteiger partial charge is 0.508 e.